The Balaban J connectivity index is 1.37. The van der Waals surface area contributed by atoms with Crippen molar-refractivity contribution in [3.8, 4) is 0 Å². The zero-order chi connectivity index (χ0) is 60.8. The summed E-state index contributed by atoms with van der Waals surface area (Å²) in [5.41, 5.74) is -1.32. The number of amides is 2. The molecule has 3 heterocycles. The zero-order valence-corrected chi connectivity index (χ0v) is 48.7. The van der Waals surface area contributed by atoms with Gasteiger partial charge in [-0.15, -0.1) is 5.06 Å². The van der Waals surface area contributed by atoms with Gasteiger partial charge in [0.25, 0.3) is 21.9 Å². The molecule has 0 radical (unpaired) electrons. The van der Waals surface area contributed by atoms with Crippen LogP contribution < -0.4 is 4.90 Å². The molecule has 1 saturated heterocycles. The Morgan fingerprint density at radius 2 is 1.23 bits per heavy atom. The predicted octanol–water partition coefficient (Wildman–Crippen LogP) is 3.55. The van der Waals surface area contributed by atoms with E-state index in [1.807, 2.05) is 0 Å². The van der Waals surface area contributed by atoms with Crippen LogP contribution in [0.2, 0.25) is 0 Å². The smallest absolute Gasteiger partial charge is 0.333 e. The summed E-state index contributed by atoms with van der Waals surface area (Å²) in [5.74, 6) is -3.87. The highest BCUT2D eigenvalue weighted by atomic mass is 32.2. The van der Waals surface area contributed by atoms with Gasteiger partial charge in [-0.1, -0.05) is 30.7 Å². The fourth-order valence-electron chi connectivity index (χ4n) is 10.9. The summed E-state index contributed by atoms with van der Waals surface area (Å²) in [4.78, 5) is 39.3. The molecular weight excluding hydrogens is 1200 g/mol. The molecule has 3 aliphatic rings. The molecule has 0 spiro atoms. The van der Waals surface area contributed by atoms with Gasteiger partial charge >= 0.3 is 5.97 Å². The lowest BCUT2D eigenvalue weighted by atomic mass is 9.74. The van der Waals surface area contributed by atoms with Gasteiger partial charge in [-0.3, -0.25) is 14.1 Å². The fraction of sp³-hybridized carbons (Fsp3) is 0.400. The number of rotatable bonds is 25. The number of hydrogen-bond donors (Lipinski definition) is 1. The summed E-state index contributed by atoms with van der Waals surface area (Å²) < 4.78 is 228. The number of benzene rings is 4. The summed E-state index contributed by atoms with van der Waals surface area (Å²) >= 11 is 0. The van der Waals surface area contributed by atoms with E-state index in [1.54, 1.807) is 17.9 Å². The molecule has 4 aromatic rings. The van der Waals surface area contributed by atoms with E-state index < -0.39 is 120 Å². The number of hydrogen-bond acceptors (Lipinski definition) is 23. The molecule has 32 heteroatoms. The standard InChI is InChI=1S/C50H57N3O23S6/c1-49(21-10-26-77(57,58)59)42(52(24-11-27-78(60,61)62)38-17-15-34-36(47(38)49)28-32(79(63,64)65)30-40(34)81(69,70)71)12-6-4-7-13-43-50(2,22-25-75-3)48-37-29-33(80(66,67)68)31-41(82(72,73)74)35(37)16-18-39(48)51(43)23-9-5-8-14-46(56)76-53-44(54)19-20-45(53)55/h4,6-7,12-13,15-18,28-31H,5,8-11,14,19-27H2,1-3H3,(H5-,57,58,59,60,61,62,63,64,65,66,67,68,69,70,71,72,73,74)/p-4. The first kappa shape index (κ1) is 63.7. The van der Waals surface area contributed by atoms with Gasteiger partial charge in [-0.25, -0.2) is 46.9 Å². The molecule has 2 amide bonds. The van der Waals surface area contributed by atoms with Crippen LogP contribution in [-0.2, 0) is 95.5 Å². The number of allylic oxidation sites excluding steroid dienone is 6. The van der Waals surface area contributed by atoms with Crippen molar-refractivity contribution in [1.29, 1.82) is 0 Å². The second kappa shape index (κ2) is 23.6. The maximum Gasteiger partial charge on any atom is 0.333 e. The number of ether oxygens (including phenoxy) is 1. The van der Waals surface area contributed by atoms with Crippen molar-refractivity contribution in [3.63, 3.8) is 0 Å². The van der Waals surface area contributed by atoms with Gasteiger partial charge in [0.15, 0.2) is 5.71 Å². The van der Waals surface area contributed by atoms with Crippen LogP contribution in [0.5, 0.6) is 0 Å². The van der Waals surface area contributed by atoms with E-state index in [0.29, 0.717) is 47.0 Å². The van der Waals surface area contributed by atoms with E-state index in [1.165, 1.54) is 61.1 Å². The minimum atomic E-state index is -5.51. The molecule has 26 nitrogen and oxygen atoms in total. The van der Waals surface area contributed by atoms with Crippen molar-refractivity contribution in [2.45, 2.75) is 108 Å². The Bertz CT molecular complexity index is 4140. The number of methoxy groups -OCH3 is 1. The monoisotopic (exact) mass is 1260 g/mol. The van der Waals surface area contributed by atoms with Crippen LogP contribution in [0.1, 0.15) is 89.2 Å². The molecule has 2 atom stereocenters. The topological polar surface area (TPSA) is 420 Å². The molecule has 0 bridgehead atoms. The highest BCUT2D eigenvalue weighted by Crippen LogP contribution is 2.54. The van der Waals surface area contributed by atoms with Gasteiger partial charge < -0.3 is 37.2 Å². The number of imide groups is 1. The Morgan fingerprint density at radius 1 is 0.659 bits per heavy atom. The lowest BCUT2D eigenvalue weighted by molar-refractivity contribution is -0.437. The Morgan fingerprint density at radius 3 is 1.77 bits per heavy atom. The van der Waals surface area contributed by atoms with Crippen LogP contribution >= 0.6 is 0 Å². The van der Waals surface area contributed by atoms with Gasteiger partial charge in [0.2, 0.25) is 5.69 Å². The van der Waals surface area contributed by atoms with Crippen molar-refractivity contribution in [1.82, 2.24) is 5.06 Å². The normalized spacial score (nSPS) is 19.7. The summed E-state index contributed by atoms with van der Waals surface area (Å²) in [6.07, 6.45) is 7.25. The highest BCUT2D eigenvalue weighted by Gasteiger charge is 2.49. The molecule has 82 heavy (non-hydrogen) atoms. The molecule has 446 valence electrons. The Kier molecular flexibility index (Phi) is 18.4. The first-order valence-corrected chi connectivity index (χ1v) is 33.7. The van der Waals surface area contributed by atoms with Crippen molar-refractivity contribution < 1.29 is 106 Å². The maximum atomic E-state index is 12.7. The van der Waals surface area contributed by atoms with Crippen LogP contribution in [0, 0.1) is 0 Å². The maximum absolute atomic E-state index is 12.7. The third kappa shape index (κ3) is 13.9. The molecule has 7 rings (SSSR count). The second-order valence-electron chi connectivity index (χ2n) is 20.0. The van der Waals surface area contributed by atoms with Crippen molar-refractivity contribution in [2.75, 3.05) is 43.2 Å². The van der Waals surface area contributed by atoms with Crippen molar-refractivity contribution in [3.05, 3.63) is 95.7 Å². The molecule has 0 aromatic heterocycles. The second-order valence-corrected chi connectivity index (χ2v) is 28.6. The largest absolute Gasteiger partial charge is 0.748 e. The van der Waals surface area contributed by atoms with Crippen LogP contribution in [0.15, 0.2) is 104 Å². The van der Waals surface area contributed by atoms with E-state index in [-0.39, 0.29) is 110 Å². The first-order chi connectivity index (χ1) is 37.9. The molecule has 4 aromatic carbocycles. The van der Waals surface area contributed by atoms with Gasteiger partial charge in [-0.2, -0.15) is 13.0 Å². The number of fused-ring (bicyclic) bond motifs is 6. The molecule has 0 saturated carbocycles. The summed E-state index contributed by atoms with van der Waals surface area (Å²) in [6, 6.07) is 8.00. The van der Waals surface area contributed by atoms with E-state index in [2.05, 4.69) is 0 Å². The average Bonchev–Trinajstić information content (AvgIpc) is 2.23. The van der Waals surface area contributed by atoms with Crippen LogP contribution in [0.25, 0.3) is 21.5 Å². The zero-order valence-electron chi connectivity index (χ0n) is 43.8. The minimum Gasteiger partial charge on any atom is -0.748 e. The molecule has 2 unspecified atom stereocenters. The van der Waals surface area contributed by atoms with E-state index in [9.17, 15) is 92.2 Å². The lowest BCUT2D eigenvalue weighted by Crippen LogP contribution is -2.32. The SMILES string of the molecule is COCCC1(C)\C(=C/C=C/C=C/C2=[N+](CCCS(=O)(=O)O)c3ccc4c(S(=O)(=O)[O-])cc(S(=O)(=O)[O-])cc4c3C2(C)CCCS(=O)(=O)[O-])N(CCCCCC(=O)ON2C(=O)CCC2=O)c2ccc3c(S(=O)(=O)[O-])cc(S(=O)(=O)[O-])cc3c21. The quantitative estimate of drug-likeness (QED) is 0.0326. The van der Waals surface area contributed by atoms with Gasteiger partial charge in [0, 0.05) is 91.6 Å². The number of hydroxylamine groups is 2. The van der Waals surface area contributed by atoms with E-state index >= 15 is 0 Å². The number of nitrogens with zero attached hydrogens (tertiary/aromatic N) is 3. The van der Waals surface area contributed by atoms with Crippen LogP contribution in [0.3, 0.4) is 0 Å². The Labute approximate surface area is 473 Å². The van der Waals surface area contributed by atoms with Crippen LogP contribution in [-0.4, -0.2) is 149 Å². The molecule has 0 aliphatic carbocycles. The highest BCUT2D eigenvalue weighted by molar-refractivity contribution is 7.87. The van der Waals surface area contributed by atoms with Crippen molar-refractivity contribution in [2.24, 2.45) is 0 Å². The number of unbranched alkanes of at least 4 members (excludes halogenated alkanes) is 2. The molecule has 3 aliphatic heterocycles. The number of carbonyl (C=O) groups is 3. The van der Waals surface area contributed by atoms with Gasteiger partial charge in [0.1, 0.15) is 47.0 Å². The summed E-state index contributed by atoms with van der Waals surface area (Å²) in [7, 11) is -29.8. The molecule has 1 N–H and O–H groups in total. The van der Waals surface area contributed by atoms with E-state index in [0.717, 1.165) is 18.2 Å². The van der Waals surface area contributed by atoms with Gasteiger partial charge in [0.05, 0.1) is 40.9 Å². The molecule has 1 fully saturated rings. The van der Waals surface area contributed by atoms with Gasteiger partial charge in [-0.05, 0) is 110 Å². The minimum absolute atomic E-state index is 0.0230. The fourth-order valence-corrected chi connectivity index (χ4v) is 14.5. The number of anilines is 1. The lowest BCUT2D eigenvalue weighted by Gasteiger charge is -2.31. The third-order valence-electron chi connectivity index (χ3n) is 14.5. The van der Waals surface area contributed by atoms with Crippen molar-refractivity contribution >= 4 is 117 Å². The predicted molar refractivity (Wildman–Crippen MR) is 285 cm³/mol. The number of carbonyl (C=O) groups excluding carboxylic acids is 3. The first-order valence-electron chi connectivity index (χ1n) is 24.9. The third-order valence-corrected chi connectivity index (χ3v) is 19.4. The summed E-state index contributed by atoms with van der Waals surface area (Å²) in [5, 5.41) is -0.436. The van der Waals surface area contributed by atoms with E-state index in [4.69, 9.17) is 9.57 Å². The summed E-state index contributed by atoms with van der Waals surface area (Å²) in [6.45, 7) is 3.17. The average molecular weight is 1260 g/mol. The Hall–Kier alpha value is -5.88. The van der Waals surface area contributed by atoms with Crippen LogP contribution in [0.4, 0.5) is 11.4 Å². The molecular formula is C50H53N3O23S6-4.